The van der Waals surface area contributed by atoms with Gasteiger partial charge >= 0.3 is 0 Å². The van der Waals surface area contributed by atoms with Crippen LogP contribution in [0.4, 0.5) is 4.39 Å². The van der Waals surface area contributed by atoms with Crippen LogP contribution in [0.25, 0.3) is 0 Å². The Morgan fingerprint density at radius 3 is 2.93 bits per heavy atom. The van der Waals surface area contributed by atoms with Gasteiger partial charge in [-0.25, -0.2) is 9.37 Å². The predicted molar refractivity (Wildman–Crippen MR) is 110 cm³/mol. The number of aromatic nitrogens is 1. The number of ether oxygens (including phenoxy) is 1. The number of benzene rings is 1. The van der Waals surface area contributed by atoms with Crippen LogP contribution in [-0.2, 0) is 16.8 Å². The number of likely N-dealkylation sites (tertiary alicyclic amines) is 1. The van der Waals surface area contributed by atoms with Crippen molar-refractivity contribution in [1.82, 2.24) is 9.88 Å². The van der Waals surface area contributed by atoms with Gasteiger partial charge in [0.05, 0.1) is 12.3 Å². The van der Waals surface area contributed by atoms with Gasteiger partial charge in [0, 0.05) is 30.8 Å². The molecule has 29 heavy (non-hydrogen) atoms. The molecule has 0 aliphatic carbocycles. The normalized spacial score (nSPS) is 20.4. The number of carbonyl (C=O) groups is 1. The first-order chi connectivity index (χ1) is 13.9. The highest BCUT2D eigenvalue weighted by Crippen LogP contribution is 2.36. The van der Waals surface area contributed by atoms with Gasteiger partial charge < -0.3 is 20.5 Å². The number of nitrogens with zero attached hydrogens (tertiary/aromatic N) is 2. The highest BCUT2D eigenvalue weighted by Gasteiger charge is 2.35. The first-order valence-electron chi connectivity index (χ1n) is 9.94. The highest BCUT2D eigenvalue weighted by atomic mass is 32.1. The minimum absolute atomic E-state index is 0.244. The van der Waals surface area contributed by atoms with Gasteiger partial charge in [-0.2, -0.15) is 0 Å². The lowest BCUT2D eigenvalue weighted by Gasteiger charge is -2.24. The van der Waals surface area contributed by atoms with Gasteiger partial charge in [-0.3, -0.25) is 4.79 Å². The largest absolute Gasteiger partial charge is 0.490 e. The molecule has 1 unspecified atom stereocenters. The molecule has 8 heteroatoms. The van der Waals surface area contributed by atoms with Crippen molar-refractivity contribution in [2.45, 2.75) is 44.6 Å². The maximum Gasteiger partial charge on any atom is 0.218 e. The number of nitrogens with two attached hydrogens (primary N) is 1. The quantitative estimate of drug-likeness (QED) is 0.684. The summed E-state index contributed by atoms with van der Waals surface area (Å²) in [6.45, 7) is 4.44. The van der Waals surface area contributed by atoms with E-state index in [-0.39, 0.29) is 17.5 Å². The van der Waals surface area contributed by atoms with Gasteiger partial charge in [0.25, 0.3) is 0 Å². The molecule has 1 aromatic heterocycles. The molecule has 1 aromatic carbocycles. The average Bonchev–Trinajstić information content (AvgIpc) is 2.94. The van der Waals surface area contributed by atoms with Crippen LogP contribution in [-0.4, -0.2) is 47.1 Å². The van der Waals surface area contributed by atoms with Crippen LogP contribution in [0.5, 0.6) is 5.75 Å². The fourth-order valence-electron chi connectivity index (χ4n) is 3.56. The van der Waals surface area contributed by atoms with Gasteiger partial charge in [-0.1, -0.05) is 12.1 Å². The first kappa shape index (κ1) is 21.7. The van der Waals surface area contributed by atoms with E-state index in [1.54, 1.807) is 18.2 Å². The summed E-state index contributed by atoms with van der Waals surface area (Å²) in [5.41, 5.74) is 5.17. The van der Waals surface area contributed by atoms with E-state index in [4.69, 9.17) is 10.5 Å². The fraction of sp³-hybridized carbons (Fsp3) is 0.524. The summed E-state index contributed by atoms with van der Waals surface area (Å²) in [5.74, 6) is -0.432. The van der Waals surface area contributed by atoms with E-state index >= 15 is 0 Å². The summed E-state index contributed by atoms with van der Waals surface area (Å²) in [6.07, 6.45) is 2.99. The van der Waals surface area contributed by atoms with Gasteiger partial charge in [0.2, 0.25) is 5.91 Å². The lowest BCUT2D eigenvalue weighted by molar-refractivity contribution is -0.118. The molecule has 1 amide bonds. The van der Waals surface area contributed by atoms with Crippen LogP contribution < -0.4 is 10.5 Å². The Hall–Kier alpha value is -2.03. The second-order valence-corrected chi connectivity index (χ2v) is 8.58. The molecule has 1 atom stereocenters. The second kappa shape index (κ2) is 9.65. The van der Waals surface area contributed by atoms with Crippen LogP contribution in [0.3, 0.4) is 0 Å². The fourth-order valence-corrected chi connectivity index (χ4v) is 4.74. The molecule has 0 radical (unpaired) electrons. The van der Waals surface area contributed by atoms with Crippen LogP contribution in [0.1, 0.15) is 41.3 Å². The van der Waals surface area contributed by atoms with Crippen molar-refractivity contribution in [1.29, 1.82) is 0 Å². The zero-order chi connectivity index (χ0) is 20.9. The van der Waals surface area contributed by atoms with E-state index in [1.807, 2.05) is 6.92 Å². The Labute approximate surface area is 174 Å². The highest BCUT2D eigenvalue weighted by molar-refractivity contribution is 7.11. The predicted octanol–water partition coefficient (Wildman–Crippen LogP) is 2.76. The number of thiazole rings is 1. The third-order valence-electron chi connectivity index (χ3n) is 5.29. The van der Waals surface area contributed by atoms with Gasteiger partial charge in [0.15, 0.2) is 11.6 Å². The summed E-state index contributed by atoms with van der Waals surface area (Å²) in [5, 5.41) is 12.0. The number of hydrogen-bond acceptors (Lipinski definition) is 6. The first-order valence-corrected chi connectivity index (χ1v) is 10.8. The number of para-hydroxylation sites is 1. The van der Waals surface area contributed by atoms with E-state index in [9.17, 15) is 14.3 Å². The number of aliphatic hydroxyl groups is 1. The molecule has 6 nitrogen and oxygen atoms in total. The lowest BCUT2D eigenvalue weighted by Crippen LogP contribution is -2.31. The second-order valence-electron chi connectivity index (χ2n) is 7.50. The number of halogens is 1. The molecule has 2 aromatic rings. The number of rotatable bonds is 8. The van der Waals surface area contributed by atoms with E-state index in [0.29, 0.717) is 45.4 Å². The molecule has 2 heterocycles. The zero-order valence-corrected chi connectivity index (χ0v) is 17.5. The van der Waals surface area contributed by atoms with Crippen LogP contribution >= 0.6 is 11.3 Å². The van der Waals surface area contributed by atoms with E-state index < -0.39 is 5.60 Å². The van der Waals surface area contributed by atoms with Crippen LogP contribution in [0.2, 0.25) is 0 Å². The van der Waals surface area contributed by atoms with Crippen molar-refractivity contribution < 1.29 is 19.0 Å². The minimum Gasteiger partial charge on any atom is -0.490 e. The van der Waals surface area contributed by atoms with Crippen LogP contribution in [0, 0.1) is 12.7 Å². The molecule has 0 saturated carbocycles. The Bertz CT molecular complexity index is 844. The van der Waals surface area contributed by atoms with Crippen molar-refractivity contribution in [2.75, 3.05) is 26.2 Å². The SMILES string of the molecule is Cc1nc(C2(O)CCCN(CCC(N)=O)CC2)sc1CCOc1ccccc1F. The number of amides is 1. The Morgan fingerprint density at radius 1 is 1.38 bits per heavy atom. The Balaban J connectivity index is 1.59. The van der Waals surface area contributed by atoms with Gasteiger partial charge in [0.1, 0.15) is 10.6 Å². The van der Waals surface area contributed by atoms with E-state index in [0.717, 1.165) is 28.5 Å². The summed E-state index contributed by atoms with van der Waals surface area (Å²) in [7, 11) is 0. The van der Waals surface area contributed by atoms with Crippen molar-refractivity contribution in [3.63, 3.8) is 0 Å². The average molecular weight is 422 g/mol. The maximum absolute atomic E-state index is 13.7. The zero-order valence-electron chi connectivity index (χ0n) is 16.7. The summed E-state index contributed by atoms with van der Waals surface area (Å²) in [6, 6.07) is 6.35. The Morgan fingerprint density at radius 2 is 2.17 bits per heavy atom. The van der Waals surface area contributed by atoms with Crippen molar-refractivity contribution in [3.05, 3.63) is 45.7 Å². The van der Waals surface area contributed by atoms with Crippen LogP contribution in [0.15, 0.2) is 24.3 Å². The monoisotopic (exact) mass is 421 g/mol. The Kier molecular flexibility index (Phi) is 7.21. The molecule has 1 saturated heterocycles. The molecular formula is C21H28FN3O3S. The van der Waals surface area contributed by atoms with Gasteiger partial charge in [-0.15, -0.1) is 11.3 Å². The van der Waals surface area contributed by atoms with Gasteiger partial charge in [-0.05, 0) is 44.9 Å². The molecule has 1 aliphatic heterocycles. The minimum atomic E-state index is -0.957. The molecule has 0 bridgehead atoms. The molecular weight excluding hydrogens is 393 g/mol. The molecule has 158 valence electrons. The number of carbonyl (C=O) groups excluding carboxylic acids is 1. The smallest absolute Gasteiger partial charge is 0.218 e. The molecule has 0 spiro atoms. The lowest BCUT2D eigenvalue weighted by atomic mass is 9.96. The third kappa shape index (κ3) is 5.74. The molecule has 1 aliphatic rings. The summed E-state index contributed by atoms with van der Waals surface area (Å²) in [4.78, 5) is 18.9. The number of primary amides is 1. The number of hydrogen-bond donors (Lipinski definition) is 2. The molecule has 3 N–H and O–H groups in total. The maximum atomic E-state index is 13.7. The number of aryl methyl sites for hydroxylation is 1. The standard InChI is InChI=1S/C21H28FN3O3S/c1-15-18(8-14-28-17-6-3-2-5-16(17)22)29-20(24-15)21(27)9-4-11-25(13-10-21)12-7-19(23)26/h2-3,5-6,27H,4,7-14H2,1H3,(H2,23,26). The van der Waals surface area contributed by atoms with E-state index in [2.05, 4.69) is 9.88 Å². The van der Waals surface area contributed by atoms with E-state index in [1.165, 1.54) is 17.4 Å². The summed E-state index contributed by atoms with van der Waals surface area (Å²) < 4.78 is 19.2. The van der Waals surface area contributed by atoms with Crippen molar-refractivity contribution >= 4 is 17.2 Å². The van der Waals surface area contributed by atoms with Crippen molar-refractivity contribution in [2.24, 2.45) is 5.73 Å². The van der Waals surface area contributed by atoms with Crippen molar-refractivity contribution in [3.8, 4) is 5.75 Å². The third-order valence-corrected chi connectivity index (χ3v) is 6.71. The summed E-state index contributed by atoms with van der Waals surface area (Å²) >= 11 is 1.51. The topological polar surface area (TPSA) is 88.7 Å². The molecule has 1 fully saturated rings. The molecule has 3 rings (SSSR count).